The monoisotopic (exact) mass is 366 g/mol. The average molecular weight is 367 g/mol. The van der Waals surface area contributed by atoms with Crippen LogP contribution in [0.4, 0.5) is 8.78 Å². The minimum atomic E-state index is -2.54. The number of alkyl halides is 2. The minimum absolute atomic E-state index is 0.0731. The lowest BCUT2D eigenvalue weighted by Crippen LogP contribution is -2.38. The lowest BCUT2D eigenvalue weighted by Gasteiger charge is -2.33. The van der Waals surface area contributed by atoms with Crippen molar-refractivity contribution in [2.75, 3.05) is 13.7 Å². The predicted octanol–water partition coefficient (Wildman–Crippen LogP) is 2.62. The molecule has 0 aliphatic heterocycles. The molecule has 1 aliphatic carbocycles. The topological polar surface area (TPSA) is 65.1 Å². The van der Waals surface area contributed by atoms with Crippen LogP contribution >= 0.6 is 15.9 Å². The lowest BCUT2D eigenvalue weighted by atomic mass is 9.81. The first-order valence-corrected chi connectivity index (χ1v) is 7.82. The summed E-state index contributed by atoms with van der Waals surface area (Å²) >= 11 is 3.47. The summed E-state index contributed by atoms with van der Waals surface area (Å²) in [5, 5.41) is 4.29. The second-order valence-electron chi connectivity index (χ2n) is 5.43. The van der Waals surface area contributed by atoms with Gasteiger partial charge in [0.05, 0.1) is 35.6 Å². The Balaban J connectivity index is 2.16. The Hall–Kier alpha value is -0.570. The van der Waals surface area contributed by atoms with Crippen molar-refractivity contribution < 1.29 is 13.5 Å². The maximum atomic E-state index is 13.3. The first kappa shape index (κ1) is 16.8. The maximum absolute atomic E-state index is 13.3. The van der Waals surface area contributed by atoms with E-state index >= 15 is 0 Å². The van der Waals surface area contributed by atoms with Crippen LogP contribution in [0.1, 0.15) is 37.4 Å². The molecule has 1 saturated carbocycles. The van der Waals surface area contributed by atoms with Gasteiger partial charge in [-0.3, -0.25) is 16.0 Å². The second-order valence-corrected chi connectivity index (χ2v) is 6.29. The van der Waals surface area contributed by atoms with Crippen LogP contribution in [-0.2, 0) is 11.3 Å². The summed E-state index contributed by atoms with van der Waals surface area (Å²) < 4.78 is 34.3. The van der Waals surface area contributed by atoms with Crippen LogP contribution in [0, 0.1) is 5.92 Å². The van der Waals surface area contributed by atoms with Gasteiger partial charge in [-0.2, -0.15) is 5.10 Å². The van der Waals surface area contributed by atoms with E-state index in [0.717, 1.165) is 10.2 Å². The SMILES string of the molecule is COCCn1ncc(Br)c1C(NN)C1CCC(F)(F)CC1. The molecule has 5 nitrogen and oxygen atoms in total. The van der Waals surface area contributed by atoms with Gasteiger partial charge in [-0.1, -0.05) is 0 Å². The van der Waals surface area contributed by atoms with E-state index in [0.29, 0.717) is 26.0 Å². The molecule has 0 amide bonds. The summed E-state index contributed by atoms with van der Waals surface area (Å²) in [6.45, 7) is 1.12. The number of hydrazine groups is 1. The van der Waals surface area contributed by atoms with Crippen molar-refractivity contribution in [2.45, 2.75) is 44.2 Å². The molecule has 0 bridgehead atoms. The van der Waals surface area contributed by atoms with Crippen LogP contribution in [0.5, 0.6) is 0 Å². The number of nitrogens with two attached hydrogens (primary N) is 1. The van der Waals surface area contributed by atoms with Gasteiger partial charge in [-0.15, -0.1) is 0 Å². The normalized spacial score (nSPS) is 20.6. The van der Waals surface area contributed by atoms with E-state index in [1.54, 1.807) is 13.3 Å². The number of nitrogens with one attached hydrogen (secondary N) is 1. The van der Waals surface area contributed by atoms with E-state index in [2.05, 4.69) is 26.5 Å². The summed E-state index contributed by atoms with van der Waals surface area (Å²) in [6.07, 6.45) is 2.43. The number of ether oxygens (including phenoxy) is 1. The van der Waals surface area contributed by atoms with Gasteiger partial charge >= 0.3 is 0 Å². The molecule has 1 fully saturated rings. The number of methoxy groups -OCH3 is 1. The molecule has 0 radical (unpaired) electrons. The van der Waals surface area contributed by atoms with E-state index in [1.807, 2.05) is 4.68 Å². The van der Waals surface area contributed by atoms with Crippen LogP contribution < -0.4 is 11.3 Å². The largest absolute Gasteiger partial charge is 0.383 e. The van der Waals surface area contributed by atoms with Crippen LogP contribution in [0.15, 0.2) is 10.7 Å². The van der Waals surface area contributed by atoms with Crippen molar-refractivity contribution in [2.24, 2.45) is 11.8 Å². The molecule has 1 aromatic rings. The van der Waals surface area contributed by atoms with Gasteiger partial charge < -0.3 is 4.74 Å². The predicted molar refractivity (Wildman–Crippen MR) is 78.8 cm³/mol. The summed E-state index contributed by atoms with van der Waals surface area (Å²) in [4.78, 5) is 0. The highest BCUT2D eigenvalue weighted by atomic mass is 79.9. The molecule has 120 valence electrons. The van der Waals surface area contributed by atoms with Gasteiger partial charge in [-0.05, 0) is 34.7 Å². The average Bonchev–Trinajstić information content (AvgIpc) is 2.81. The number of nitrogens with zero attached hydrogens (tertiary/aromatic N) is 2. The van der Waals surface area contributed by atoms with Gasteiger partial charge in [0.1, 0.15) is 0 Å². The lowest BCUT2D eigenvalue weighted by molar-refractivity contribution is -0.0501. The highest BCUT2D eigenvalue weighted by Gasteiger charge is 2.39. The zero-order valence-corrected chi connectivity index (χ0v) is 13.6. The number of halogens is 3. The van der Waals surface area contributed by atoms with Crippen LogP contribution in [0.25, 0.3) is 0 Å². The molecule has 1 heterocycles. The van der Waals surface area contributed by atoms with Crippen molar-refractivity contribution in [3.63, 3.8) is 0 Å². The zero-order chi connectivity index (χ0) is 15.5. The standard InChI is InChI=1S/C13H21BrF2N4O/c1-21-7-6-20-12(10(14)8-18-20)11(19-17)9-2-4-13(15,16)5-3-9/h8-9,11,19H,2-7,17H2,1H3. The van der Waals surface area contributed by atoms with Gasteiger partial charge in [0.25, 0.3) is 0 Å². The molecular weight excluding hydrogens is 346 g/mol. The Bertz CT molecular complexity index is 459. The molecule has 0 spiro atoms. The fourth-order valence-electron chi connectivity index (χ4n) is 2.87. The van der Waals surface area contributed by atoms with Crippen molar-refractivity contribution in [1.29, 1.82) is 0 Å². The quantitative estimate of drug-likeness (QED) is 0.599. The Morgan fingerprint density at radius 3 is 2.81 bits per heavy atom. The molecule has 0 saturated heterocycles. The Morgan fingerprint density at radius 1 is 1.57 bits per heavy atom. The molecule has 2 rings (SSSR count). The second kappa shape index (κ2) is 7.13. The first-order chi connectivity index (χ1) is 9.98. The fourth-order valence-corrected chi connectivity index (χ4v) is 3.41. The van der Waals surface area contributed by atoms with Gasteiger partial charge in [0.2, 0.25) is 5.92 Å². The molecule has 0 aromatic carbocycles. The molecule has 1 aliphatic rings. The summed E-state index contributed by atoms with van der Waals surface area (Å²) in [5.74, 6) is 3.23. The van der Waals surface area contributed by atoms with Gasteiger partial charge in [0.15, 0.2) is 0 Å². The smallest absolute Gasteiger partial charge is 0.248 e. The van der Waals surface area contributed by atoms with Crippen molar-refractivity contribution >= 4 is 15.9 Å². The van der Waals surface area contributed by atoms with E-state index in [4.69, 9.17) is 10.6 Å². The van der Waals surface area contributed by atoms with Crippen molar-refractivity contribution in [3.8, 4) is 0 Å². The van der Waals surface area contributed by atoms with Gasteiger partial charge in [-0.25, -0.2) is 8.78 Å². The Kier molecular flexibility index (Phi) is 5.70. The molecular formula is C13H21BrF2N4O. The summed E-state index contributed by atoms with van der Waals surface area (Å²) in [7, 11) is 1.63. The third-order valence-electron chi connectivity index (χ3n) is 4.05. The maximum Gasteiger partial charge on any atom is 0.248 e. The van der Waals surface area contributed by atoms with Crippen molar-refractivity contribution in [1.82, 2.24) is 15.2 Å². The number of hydrogen-bond donors (Lipinski definition) is 2. The van der Waals surface area contributed by atoms with E-state index in [1.165, 1.54) is 0 Å². The van der Waals surface area contributed by atoms with E-state index in [-0.39, 0.29) is 24.8 Å². The highest BCUT2D eigenvalue weighted by molar-refractivity contribution is 9.10. The molecule has 21 heavy (non-hydrogen) atoms. The number of hydrogen-bond acceptors (Lipinski definition) is 4. The minimum Gasteiger partial charge on any atom is -0.383 e. The third-order valence-corrected chi connectivity index (χ3v) is 4.66. The summed E-state index contributed by atoms with van der Waals surface area (Å²) in [5.41, 5.74) is 3.68. The van der Waals surface area contributed by atoms with Crippen LogP contribution in [0.3, 0.4) is 0 Å². The van der Waals surface area contributed by atoms with E-state index < -0.39 is 5.92 Å². The first-order valence-electron chi connectivity index (χ1n) is 7.02. The Labute approximate surface area is 131 Å². The van der Waals surface area contributed by atoms with Crippen LogP contribution in [-0.4, -0.2) is 29.4 Å². The highest BCUT2D eigenvalue weighted by Crippen LogP contribution is 2.42. The van der Waals surface area contributed by atoms with Crippen molar-refractivity contribution in [3.05, 3.63) is 16.4 Å². The third kappa shape index (κ3) is 4.00. The number of rotatable bonds is 6. The molecule has 3 N–H and O–H groups in total. The molecule has 8 heteroatoms. The van der Waals surface area contributed by atoms with Gasteiger partial charge in [0, 0.05) is 20.0 Å². The zero-order valence-electron chi connectivity index (χ0n) is 12.0. The fraction of sp³-hybridized carbons (Fsp3) is 0.769. The Morgan fingerprint density at radius 2 is 2.24 bits per heavy atom. The molecule has 1 unspecified atom stereocenters. The summed E-state index contributed by atoms with van der Waals surface area (Å²) in [6, 6.07) is -0.199. The van der Waals surface area contributed by atoms with Crippen LogP contribution in [0.2, 0.25) is 0 Å². The molecule has 1 aromatic heterocycles. The van der Waals surface area contributed by atoms with E-state index in [9.17, 15) is 8.78 Å². The molecule has 1 atom stereocenters. The number of aromatic nitrogens is 2.